The monoisotopic (exact) mass is 411 g/mol. The minimum atomic E-state index is -0.0760. The van der Waals surface area contributed by atoms with E-state index in [4.69, 9.17) is 4.74 Å². The third-order valence-electron chi connectivity index (χ3n) is 5.67. The summed E-state index contributed by atoms with van der Waals surface area (Å²) in [6.07, 6.45) is 8.45. The number of nitrogens with zero attached hydrogens (tertiary/aromatic N) is 3. The van der Waals surface area contributed by atoms with Crippen molar-refractivity contribution in [1.29, 1.82) is 0 Å². The van der Waals surface area contributed by atoms with Gasteiger partial charge in [-0.3, -0.25) is 4.79 Å². The second kappa shape index (κ2) is 8.39. The van der Waals surface area contributed by atoms with Gasteiger partial charge in [0.2, 0.25) is 0 Å². The fourth-order valence-corrected chi connectivity index (χ4v) is 3.43. The van der Waals surface area contributed by atoms with Crippen molar-refractivity contribution in [2.24, 2.45) is 5.92 Å². The highest BCUT2D eigenvalue weighted by Crippen LogP contribution is 2.37. The van der Waals surface area contributed by atoms with Gasteiger partial charge in [0.1, 0.15) is 18.2 Å². The maximum Gasteiger partial charge on any atom is 0.254 e. The number of benzene rings is 1. The van der Waals surface area contributed by atoms with E-state index in [-0.39, 0.29) is 5.56 Å². The van der Waals surface area contributed by atoms with Gasteiger partial charge in [0.05, 0.1) is 6.54 Å². The van der Waals surface area contributed by atoms with Gasteiger partial charge in [0.15, 0.2) is 0 Å². The van der Waals surface area contributed by atoms with Crippen molar-refractivity contribution in [3.63, 3.8) is 0 Å². The van der Waals surface area contributed by atoms with Crippen LogP contribution in [-0.4, -0.2) is 14.5 Å². The SMILES string of the molecule is Cc1cc(OCc2cnc(C3CC3)nc2)cc(=O)n1Cc1ccc(C#CC2CC2)cc1. The molecule has 156 valence electrons. The largest absolute Gasteiger partial charge is 0.489 e. The molecule has 5 rings (SSSR count). The van der Waals surface area contributed by atoms with Gasteiger partial charge in [-0.2, -0.15) is 0 Å². The second-order valence-corrected chi connectivity index (χ2v) is 8.51. The van der Waals surface area contributed by atoms with Crippen LogP contribution >= 0.6 is 0 Å². The maximum atomic E-state index is 12.7. The second-order valence-electron chi connectivity index (χ2n) is 8.51. The van der Waals surface area contributed by atoms with Crippen LogP contribution in [0.4, 0.5) is 0 Å². The highest BCUT2D eigenvalue weighted by atomic mass is 16.5. The Kier molecular flexibility index (Phi) is 5.30. The molecule has 0 atom stereocenters. The Labute approximate surface area is 182 Å². The molecule has 0 radical (unpaired) electrons. The molecule has 0 unspecified atom stereocenters. The highest BCUT2D eigenvalue weighted by Gasteiger charge is 2.26. The zero-order valence-electron chi connectivity index (χ0n) is 17.7. The predicted molar refractivity (Wildman–Crippen MR) is 119 cm³/mol. The summed E-state index contributed by atoms with van der Waals surface area (Å²) in [5, 5.41) is 0. The molecule has 2 saturated carbocycles. The number of rotatable bonds is 6. The Hall–Kier alpha value is -3.39. The lowest BCUT2D eigenvalue weighted by atomic mass is 10.1. The van der Waals surface area contributed by atoms with Crippen LogP contribution in [-0.2, 0) is 13.2 Å². The molecule has 1 aromatic carbocycles. The molecule has 5 heteroatoms. The molecule has 0 amide bonds. The van der Waals surface area contributed by atoms with E-state index >= 15 is 0 Å². The Morgan fingerprint density at radius 2 is 1.77 bits per heavy atom. The van der Waals surface area contributed by atoms with Crippen LogP contribution < -0.4 is 10.3 Å². The summed E-state index contributed by atoms with van der Waals surface area (Å²) in [5.74, 6) is 9.12. The molecule has 5 nitrogen and oxygen atoms in total. The number of pyridine rings is 1. The van der Waals surface area contributed by atoms with Crippen molar-refractivity contribution in [3.05, 3.63) is 87.4 Å². The Morgan fingerprint density at radius 3 is 2.42 bits per heavy atom. The summed E-state index contributed by atoms with van der Waals surface area (Å²) in [5.41, 5.74) is 3.78. The average molecular weight is 412 g/mol. The summed E-state index contributed by atoms with van der Waals surface area (Å²) >= 11 is 0. The molecule has 2 fully saturated rings. The Balaban J connectivity index is 1.23. The molecular formula is C26H25N3O2. The Morgan fingerprint density at radius 1 is 1.03 bits per heavy atom. The topological polar surface area (TPSA) is 57.0 Å². The average Bonchev–Trinajstić information content (AvgIpc) is 3.69. The van der Waals surface area contributed by atoms with Crippen LogP contribution in [0.15, 0.2) is 53.6 Å². The lowest BCUT2D eigenvalue weighted by Crippen LogP contribution is -2.22. The van der Waals surface area contributed by atoms with Crippen molar-refractivity contribution in [2.75, 3.05) is 0 Å². The van der Waals surface area contributed by atoms with Crippen LogP contribution in [0.3, 0.4) is 0 Å². The number of aryl methyl sites for hydroxylation is 1. The molecule has 0 saturated heterocycles. The minimum absolute atomic E-state index is 0.0760. The molecule has 2 aliphatic rings. The van der Waals surface area contributed by atoms with Gasteiger partial charge < -0.3 is 9.30 Å². The summed E-state index contributed by atoms with van der Waals surface area (Å²) in [7, 11) is 0. The summed E-state index contributed by atoms with van der Waals surface area (Å²) in [6, 6.07) is 11.6. The van der Waals surface area contributed by atoms with Gasteiger partial charge in [-0.05, 0) is 56.4 Å². The van der Waals surface area contributed by atoms with Gasteiger partial charge in [-0.25, -0.2) is 9.97 Å². The van der Waals surface area contributed by atoms with Crippen molar-refractivity contribution in [1.82, 2.24) is 14.5 Å². The molecular weight excluding hydrogens is 386 g/mol. The zero-order valence-corrected chi connectivity index (χ0v) is 17.7. The quantitative estimate of drug-likeness (QED) is 0.570. The lowest BCUT2D eigenvalue weighted by molar-refractivity contribution is 0.303. The van der Waals surface area contributed by atoms with Gasteiger partial charge in [-0.1, -0.05) is 24.0 Å². The molecule has 0 aliphatic heterocycles. The van der Waals surface area contributed by atoms with E-state index in [0.717, 1.165) is 28.2 Å². The van der Waals surface area contributed by atoms with E-state index < -0.39 is 0 Å². The van der Waals surface area contributed by atoms with Gasteiger partial charge in [0.25, 0.3) is 5.56 Å². The Bertz CT molecular complexity index is 1190. The van der Waals surface area contributed by atoms with Crippen LogP contribution in [0.25, 0.3) is 0 Å². The summed E-state index contributed by atoms with van der Waals surface area (Å²) in [6.45, 7) is 2.80. The molecule has 3 aromatic rings. The smallest absolute Gasteiger partial charge is 0.254 e. The molecule has 2 heterocycles. The van der Waals surface area contributed by atoms with Crippen molar-refractivity contribution < 1.29 is 4.74 Å². The van der Waals surface area contributed by atoms with Crippen molar-refractivity contribution in [2.45, 2.75) is 51.7 Å². The fraction of sp³-hybridized carbons (Fsp3) is 0.346. The van der Waals surface area contributed by atoms with E-state index in [1.165, 1.54) is 25.7 Å². The fourth-order valence-electron chi connectivity index (χ4n) is 3.43. The van der Waals surface area contributed by atoms with E-state index in [9.17, 15) is 4.79 Å². The van der Waals surface area contributed by atoms with E-state index in [1.54, 1.807) is 10.6 Å². The van der Waals surface area contributed by atoms with Crippen LogP contribution in [0.5, 0.6) is 5.75 Å². The first-order chi connectivity index (χ1) is 15.1. The molecule has 0 N–H and O–H groups in total. The first kappa shape index (κ1) is 19.6. The number of hydrogen-bond acceptors (Lipinski definition) is 4. The minimum Gasteiger partial charge on any atom is -0.489 e. The summed E-state index contributed by atoms with van der Waals surface area (Å²) < 4.78 is 7.59. The van der Waals surface area contributed by atoms with Gasteiger partial charge >= 0.3 is 0 Å². The number of hydrogen-bond donors (Lipinski definition) is 0. The predicted octanol–water partition coefficient (Wildman–Crippen LogP) is 4.21. The third kappa shape index (κ3) is 5.03. The van der Waals surface area contributed by atoms with Crippen molar-refractivity contribution >= 4 is 0 Å². The van der Waals surface area contributed by atoms with E-state index in [0.29, 0.717) is 30.7 Å². The zero-order chi connectivity index (χ0) is 21.2. The molecule has 0 bridgehead atoms. The van der Waals surface area contributed by atoms with Crippen LogP contribution in [0.2, 0.25) is 0 Å². The summed E-state index contributed by atoms with van der Waals surface area (Å²) in [4.78, 5) is 21.5. The molecule has 2 aliphatic carbocycles. The van der Waals surface area contributed by atoms with E-state index in [1.807, 2.05) is 49.6 Å². The number of aromatic nitrogens is 3. The highest BCUT2D eigenvalue weighted by molar-refractivity contribution is 5.37. The maximum absolute atomic E-state index is 12.7. The third-order valence-corrected chi connectivity index (χ3v) is 5.67. The van der Waals surface area contributed by atoms with Crippen molar-refractivity contribution in [3.8, 4) is 17.6 Å². The molecule has 2 aromatic heterocycles. The molecule has 0 spiro atoms. The normalized spacial score (nSPS) is 15.3. The van der Waals surface area contributed by atoms with Gasteiger partial charge in [-0.15, -0.1) is 0 Å². The first-order valence-electron chi connectivity index (χ1n) is 10.9. The lowest BCUT2D eigenvalue weighted by Gasteiger charge is -2.13. The first-order valence-corrected chi connectivity index (χ1v) is 10.9. The van der Waals surface area contributed by atoms with Crippen LogP contribution in [0, 0.1) is 24.7 Å². The van der Waals surface area contributed by atoms with E-state index in [2.05, 4.69) is 21.8 Å². The van der Waals surface area contributed by atoms with Gasteiger partial charge in [0, 0.05) is 47.1 Å². The molecule has 31 heavy (non-hydrogen) atoms. The number of ether oxygens (including phenoxy) is 1. The van der Waals surface area contributed by atoms with Crippen LogP contribution in [0.1, 0.15) is 59.8 Å². The standard InChI is InChI=1S/C26H25N3O2/c1-18-12-24(31-17-22-14-27-26(28-15-22)23-10-11-23)13-25(30)29(18)16-21-8-6-20(7-9-21)5-4-19-2-3-19/h6-9,12-15,19,23H,2-3,10-11,16-17H2,1H3.